The third-order valence-corrected chi connectivity index (χ3v) is 5.58. The molecule has 34 heavy (non-hydrogen) atoms. The molecular formula is C25H38N4O5. The number of phenolic OH excluding ortho intramolecular Hbond substituents is 1. The van der Waals surface area contributed by atoms with Gasteiger partial charge >= 0.3 is 5.97 Å². The number of benzene rings is 1. The molecule has 0 radical (unpaired) electrons. The number of carbonyl (C=O) groups excluding carboxylic acids is 2. The van der Waals surface area contributed by atoms with Gasteiger partial charge in [0.1, 0.15) is 11.5 Å². The number of Topliss-reactive ketones (excluding diaryl/α,β-unsaturated/α-hetero) is 1. The summed E-state index contributed by atoms with van der Waals surface area (Å²) in [4.78, 5) is 23.1. The van der Waals surface area contributed by atoms with E-state index in [0.29, 0.717) is 49.5 Å². The SMILES string of the molecule is CCCc1c(OCCCCCCc2nnnn2CCCCC(=O)OCC)ccc(C(C)=O)c1O. The Bertz CT molecular complexity index is 913. The van der Waals surface area contributed by atoms with Gasteiger partial charge in [-0.15, -0.1) is 5.10 Å². The molecule has 0 atom stereocenters. The molecule has 188 valence electrons. The highest BCUT2D eigenvalue weighted by molar-refractivity contribution is 5.97. The van der Waals surface area contributed by atoms with Gasteiger partial charge in [0.25, 0.3) is 0 Å². The molecule has 0 unspecified atom stereocenters. The van der Waals surface area contributed by atoms with Crippen LogP contribution in [0.15, 0.2) is 12.1 Å². The molecular weight excluding hydrogens is 436 g/mol. The van der Waals surface area contributed by atoms with Crippen LogP contribution >= 0.6 is 0 Å². The first kappa shape index (κ1) is 27.3. The van der Waals surface area contributed by atoms with E-state index < -0.39 is 0 Å². The molecule has 0 aliphatic rings. The maximum atomic E-state index is 11.7. The van der Waals surface area contributed by atoms with Gasteiger partial charge in [0, 0.05) is 24.9 Å². The number of aromatic nitrogens is 4. The molecule has 0 amide bonds. The van der Waals surface area contributed by atoms with Gasteiger partial charge < -0.3 is 14.6 Å². The molecule has 1 heterocycles. The fourth-order valence-electron chi connectivity index (χ4n) is 3.79. The quantitative estimate of drug-likeness (QED) is 0.203. The molecule has 0 saturated carbocycles. The molecule has 1 N–H and O–H groups in total. The van der Waals surface area contributed by atoms with Gasteiger partial charge in [-0.2, -0.15) is 0 Å². The second-order valence-corrected chi connectivity index (χ2v) is 8.34. The number of phenols is 1. The maximum Gasteiger partial charge on any atom is 0.305 e. The van der Waals surface area contributed by atoms with Crippen LogP contribution in [-0.4, -0.2) is 50.3 Å². The molecule has 0 aliphatic heterocycles. The summed E-state index contributed by atoms with van der Waals surface area (Å²) in [5, 5.41) is 22.4. The average molecular weight is 475 g/mol. The summed E-state index contributed by atoms with van der Waals surface area (Å²) < 4.78 is 12.7. The zero-order chi connectivity index (χ0) is 24.8. The van der Waals surface area contributed by atoms with E-state index in [0.717, 1.165) is 57.2 Å². The number of nitrogens with zero attached hydrogens (tertiary/aromatic N) is 4. The van der Waals surface area contributed by atoms with Gasteiger partial charge in [-0.25, -0.2) is 4.68 Å². The highest BCUT2D eigenvalue weighted by Crippen LogP contribution is 2.33. The van der Waals surface area contributed by atoms with E-state index in [9.17, 15) is 14.7 Å². The van der Waals surface area contributed by atoms with Crippen molar-refractivity contribution < 1.29 is 24.2 Å². The van der Waals surface area contributed by atoms with E-state index in [2.05, 4.69) is 15.5 Å². The van der Waals surface area contributed by atoms with Crippen LogP contribution in [0.3, 0.4) is 0 Å². The zero-order valence-corrected chi connectivity index (χ0v) is 20.7. The molecule has 0 bridgehead atoms. The number of aromatic hydroxyl groups is 1. The predicted molar refractivity (Wildman–Crippen MR) is 128 cm³/mol. The minimum absolute atomic E-state index is 0.0467. The molecule has 9 heteroatoms. The Morgan fingerprint density at radius 2 is 1.82 bits per heavy atom. The van der Waals surface area contributed by atoms with Crippen molar-refractivity contribution in [1.29, 1.82) is 0 Å². The van der Waals surface area contributed by atoms with Crippen LogP contribution in [0.25, 0.3) is 0 Å². The monoisotopic (exact) mass is 474 g/mol. The second kappa shape index (κ2) is 15.0. The van der Waals surface area contributed by atoms with Gasteiger partial charge in [-0.05, 0) is 68.5 Å². The topological polar surface area (TPSA) is 116 Å². The smallest absolute Gasteiger partial charge is 0.305 e. The first-order chi connectivity index (χ1) is 16.5. The van der Waals surface area contributed by atoms with Gasteiger partial charge in [0.15, 0.2) is 11.6 Å². The number of carbonyl (C=O) groups is 2. The lowest BCUT2D eigenvalue weighted by Gasteiger charge is -2.14. The van der Waals surface area contributed by atoms with Crippen LogP contribution in [-0.2, 0) is 28.9 Å². The number of ether oxygens (including phenoxy) is 2. The van der Waals surface area contributed by atoms with Crippen LogP contribution in [0.5, 0.6) is 11.5 Å². The van der Waals surface area contributed by atoms with Gasteiger partial charge in [-0.1, -0.05) is 26.2 Å². The lowest BCUT2D eigenvalue weighted by Crippen LogP contribution is -2.08. The summed E-state index contributed by atoms with van der Waals surface area (Å²) >= 11 is 0. The minimum atomic E-state index is -0.158. The number of aryl methyl sites for hydroxylation is 2. The van der Waals surface area contributed by atoms with Crippen LogP contribution in [0, 0.1) is 0 Å². The number of rotatable bonds is 17. The lowest BCUT2D eigenvalue weighted by atomic mass is 10.0. The van der Waals surface area contributed by atoms with E-state index in [-0.39, 0.29) is 17.5 Å². The van der Waals surface area contributed by atoms with Gasteiger partial charge in [0.05, 0.1) is 18.8 Å². The van der Waals surface area contributed by atoms with Crippen LogP contribution < -0.4 is 4.74 Å². The molecule has 9 nitrogen and oxygen atoms in total. The molecule has 2 aromatic rings. The molecule has 2 rings (SSSR count). The molecule has 0 aliphatic carbocycles. The standard InChI is InChI=1S/C25H38N4O5/c1-4-12-21-22(16-15-20(19(3)30)25(21)32)34-18-11-7-6-8-13-23-26-27-28-29(23)17-10-9-14-24(31)33-5-2/h15-16,32H,4-14,17-18H2,1-3H3. The van der Waals surface area contributed by atoms with Crippen molar-refractivity contribution in [1.82, 2.24) is 20.2 Å². The van der Waals surface area contributed by atoms with Gasteiger partial charge in [0.2, 0.25) is 0 Å². The van der Waals surface area contributed by atoms with Crippen molar-refractivity contribution >= 4 is 11.8 Å². The highest BCUT2D eigenvalue weighted by Gasteiger charge is 2.15. The average Bonchev–Trinajstić information content (AvgIpc) is 3.25. The number of unbranched alkanes of at least 4 members (excludes halogenated alkanes) is 4. The Kier molecular flexibility index (Phi) is 12.1. The number of ketones is 1. The lowest BCUT2D eigenvalue weighted by molar-refractivity contribution is -0.143. The Balaban J connectivity index is 1.67. The maximum absolute atomic E-state index is 11.7. The number of hydrogen-bond acceptors (Lipinski definition) is 8. The van der Waals surface area contributed by atoms with E-state index in [4.69, 9.17) is 9.47 Å². The largest absolute Gasteiger partial charge is 0.507 e. The molecule has 1 aromatic carbocycles. The summed E-state index contributed by atoms with van der Waals surface area (Å²) in [6.07, 6.45) is 8.29. The zero-order valence-electron chi connectivity index (χ0n) is 20.7. The Morgan fingerprint density at radius 1 is 1.03 bits per heavy atom. The molecule has 0 saturated heterocycles. The van der Waals surface area contributed by atoms with Gasteiger partial charge in [-0.3, -0.25) is 9.59 Å². The third-order valence-electron chi connectivity index (χ3n) is 5.58. The predicted octanol–water partition coefficient (Wildman–Crippen LogP) is 4.45. The summed E-state index contributed by atoms with van der Waals surface area (Å²) in [6.45, 7) is 6.97. The number of hydrogen-bond donors (Lipinski definition) is 1. The first-order valence-electron chi connectivity index (χ1n) is 12.4. The Morgan fingerprint density at radius 3 is 2.56 bits per heavy atom. The van der Waals surface area contributed by atoms with Crippen molar-refractivity contribution in [2.75, 3.05) is 13.2 Å². The van der Waals surface area contributed by atoms with E-state index >= 15 is 0 Å². The first-order valence-corrected chi connectivity index (χ1v) is 12.4. The molecule has 0 fully saturated rings. The number of esters is 1. The molecule has 0 spiro atoms. The Labute approximate surface area is 201 Å². The van der Waals surface area contributed by atoms with Crippen molar-refractivity contribution in [3.8, 4) is 11.5 Å². The summed E-state index contributed by atoms with van der Waals surface area (Å²) in [5.41, 5.74) is 1.06. The third kappa shape index (κ3) is 8.76. The Hall–Kier alpha value is -2.97. The van der Waals surface area contributed by atoms with Crippen LogP contribution in [0.1, 0.15) is 93.9 Å². The van der Waals surface area contributed by atoms with E-state index in [1.165, 1.54) is 6.92 Å². The van der Waals surface area contributed by atoms with Crippen molar-refractivity contribution in [2.24, 2.45) is 0 Å². The normalized spacial score (nSPS) is 10.9. The molecule has 1 aromatic heterocycles. The summed E-state index contributed by atoms with van der Waals surface area (Å²) in [5.74, 6) is 1.27. The highest BCUT2D eigenvalue weighted by atomic mass is 16.5. The van der Waals surface area contributed by atoms with E-state index in [1.807, 2.05) is 18.5 Å². The van der Waals surface area contributed by atoms with Crippen LogP contribution in [0.4, 0.5) is 0 Å². The van der Waals surface area contributed by atoms with Crippen molar-refractivity contribution in [3.05, 3.63) is 29.1 Å². The van der Waals surface area contributed by atoms with Crippen molar-refractivity contribution in [3.63, 3.8) is 0 Å². The fourth-order valence-corrected chi connectivity index (χ4v) is 3.79. The van der Waals surface area contributed by atoms with E-state index in [1.54, 1.807) is 12.1 Å². The van der Waals surface area contributed by atoms with Crippen LogP contribution in [0.2, 0.25) is 0 Å². The summed E-state index contributed by atoms with van der Waals surface area (Å²) in [6, 6.07) is 3.42. The second-order valence-electron chi connectivity index (χ2n) is 8.34. The van der Waals surface area contributed by atoms with Crippen molar-refractivity contribution in [2.45, 2.75) is 91.5 Å². The summed E-state index contributed by atoms with van der Waals surface area (Å²) in [7, 11) is 0. The number of tetrazole rings is 1. The fraction of sp³-hybridized carbons (Fsp3) is 0.640. The minimum Gasteiger partial charge on any atom is -0.507 e.